The SMILES string of the molecule is CCN(CC)CCCCN(CCC(=O)OC)C(=O)c1ccccc1Cl. The van der Waals surface area contributed by atoms with Gasteiger partial charge < -0.3 is 14.5 Å². The lowest BCUT2D eigenvalue weighted by Crippen LogP contribution is -2.35. The maximum absolute atomic E-state index is 12.8. The van der Waals surface area contributed by atoms with Crippen molar-refractivity contribution in [2.24, 2.45) is 0 Å². The van der Waals surface area contributed by atoms with Crippen LogP contribution in [0.2, 0.25) is 5.02 Å². The van der Waals surface area contributed by atoms with Gasteiger partial charge >= 0.3 is 5.97 Å². The summed E-state index contributed by atoms with van der Waals surface area (Å²) in [5.74, 6) is -0.461. The Bertz CT molecular complexity index is 547. The van der Waals surface area contributed by atoms with Gasteiger partial charge in [-0.25, -0.2) is 0 Å². The van der Waals surface area contributed by atoms with E-state index in [4.69, 9.17) is 11.6 Å². The van der Waals surface area contributed by atoms with Gasteiger partial charge in [-0.15, -0.1) is 0 Å². The Balaban J connectivity index is 2.67. The quantitative estimate of drug-likeness (QED) is 0.443. The summed E-state index contributed by atoms with van der Waals surface area (Å²) in [7, 11) is 1.35. The number of hydrogen-bond acceptors (Lipinski definition) is 4. The smallest absolute Gasteiger partial charge is 0.307 e. The zero-order valence-electron chi connectivity index (χ0n) is 15.5. The fourth-order valence-corrected chi connectivity index (χ4v) is 2.84. The van der Waals surface area contributed by atoms with E-state index in [9.17, 15) is 9.59 Å². The number of carbonyl (C=O) groups is 2. The standard InChI is InChI=1S/C19H29ClN2O3/c1-4-21(5-2)13-8-9-14-22(15-12-18(23)25-3)19(24)16-10-6-7-11-17(16)20/h6-7,10-11H,4-5,8-9,12-15H2,1-3H3. The van der Waals surface area contributed by atoms with E-state index in [0.29, 0.717) is 23.7 Å². The van der Waals surface area contributed by atoms with Crippen molar-refractivity contribution in [3.8, 4) is 0 Å². The highest BCUT2D eigenvalue weighted by atomic mass is 35.5. The molecule has 0 fully saturated rings. The molecule has 0 unspecified atom stereocenters. The van der Waals surface area contributed by atoms with Crippen LogP contribution in [0.4, 0.5) is 0 Å². The molecule has 0 N–H and O–H groups in total. The van der Waals surface area contributed by atoms with E-state index in [2.05, 4.69) is 23.5 Å². The summed E-state index contributed by atoms with van der Waals surface area (Å²) in [6.07, 6.45) is 2.07. The zero-order chi connectivity index (χ0) is 18.7. The molecule has 140 valence electrons. The summed E-state index contributed by atoms with van der Waals surface area (Å²) < 4.78 is 4.69. The molecule has 0 spiro atoms. The fourth-order valence-electron chi connectivity index (χ4n) is 2.63. The summed E-state index contributed by atoms with van der Waals surface area (Å²) in [4.78, 5) is 28.3. The molecule has 0 aliphatic carbocycles. The Labute approximate surface area is 155 Å². The first-order chi connectivity index (χ1) is 12.0. The molecule has 0 radical (unpaired) electrons. The number of unbranched alkanes of at least 4 members (excludes halogenated alkanes) is 1. The van der Waals surface area contributed by atoms with E-state index >= 15 is 0 Å². The second-order valence-electron chi connectivity index (χ2n) is 5.83. The van der Waals surface area contributed by atoms with Gasteiger partial charge in [-0.05, 0) is 44.6 Å². The van der Waals surface area contributed by atoms with Crippen molar-refractivity contribution in [3.63, 3.8) is 0 Å². The van der Waals surface area contributed by atoms with E-state index in [0.717, 1.165) is 32.5 Å². The van der Waals surface area contributed by atoms with Gasteiger partial charge in [0.1, 0.15) is 0 Å². The second-order valence-corrected chi connectivity index (χ2v) is 6.24. The first-order valence-electron chi connectivity index (χ1n) is 8.86. The predicted octanol–water partition coefficient (Wildman–Crippen LogP) is 3.47. The molecule has 1 amide bonds. The third-order valence-electron chi connectivity index (χ3n) is 4.25. The molecule has 25 heavy (non-hydrogen) atoms. The molecule has 5 nitrogen and oxygen atoms in total. The third-order valence-corrected chi connectivity index (χ3v) is 4.58. The number of amides is 1. The van der Waals surface area contributed by atoms with Crippen LogP contribution in [-0.4, -0.2) is 61.5 Å². The van der Waals surface area contributed by atoms with E-state index < -0.39 is 0 Å². The van der Waals surface area contributed by atoms with Gasteiger partial charge in [0.2, 0.25) is 0 Å². The molecule has 6 heteroatoms. The average Bonchev–Trinajstić information content (AvgIpc) is 2.63. The third kappa shape index (κ3) is 7.45. The van der Waals surface area contributed by atoms with Gasteiger partial charge in [-0.2, -0.15) is 0 Å². The molecule has 1 rings (SSSR count). The van der Waals surface area contributed by atoms with Gasteiger partial charge in [0.15, 0.2) is 0 Å². The van der Waals surface area contributed by atoms with Crippen molar-refractivity contribution in [2.45, 2.75) is 33.1 Å². The summed E-state index contributed by atoms with van der Waals surface area (Å²) in [5.41, 5.74) is 0.470. The first kappa shape index (κ1) is 21.5. The number of nitrogens with zero attached hydrogens (tertiary/aromatic N) is 2. The maximum atomic E-state index is 12.8. The molecule has 0 bridgehead atoms. The summed E-state index contributed by atoms with van der Waals surface area (Å²) >= 11 is 6.15. The highest BCUT2D eigenvalue weighted by Gasteiger charge is 2.19. The Morgan fingerprint density at radius 1 is 1.04 bits per heavy atom. The van der Waals surface area contributed by atoms with Crippen molar-refractivity contribution in [2.75, 3.05) is 39.8 Å². The van der Waals surface area contributed by atoms with Crippen LogP contribution in [0.5, 0.6) is 0 Å². The molecular weight excluding hydrogens is 340 g/mol. The van der Waals surface area contributed by atoms with Crippen LogP contribution in [0, 0.1) is 0 Å². The topological polar surface area (TPSA) is 49.9 Å². The van der Waals surface area contributed by atoms with Crippen LogP contribution in [0.1, 0.15) is 43.5 Å². The van der Waals surface area contributed by atoms with Crippen LogP contribution in [-0.2, 0) is 9.53 Å². The van der Waals surface area contributed by atoms with Gasteiger partial charge in [0.05, 0.1) is 24.1 Å². The molecular formula is C19H29ClN2O3. The van der Waals surface area contributed by atoms with E-state index in [1.807, 2.05) is 0 Å². The number of ether oxygens (including phenoxy) is 1. The van der Waals surface area contributed by atoms with Crippen molar-refractivity contribution in [1.82, 2.24) is 9.80 Å². The van der Waals surface area contributed by atoms with Crippen LogP contribution >= 0.6 is 11.6 Å². The van der Waals surface area contributed by atoms with Crippen molar-refractivity contribution < 1.29 is 14.3 Å². The lowest BCUT2D eigenvalue weighted by Gasteiger charge is -2.24. The number of carbonyl (C=O) groups excluding carboxylic acids is 2. The highest BCUT2D eigenvalue weighted by molar-refractivity contribution is 6.33. The second kappa shape index (κ2) is 11.9. The van der Waals surface area contributed by atoms with Gasteiger partial charge in [-0.1, -0.05) is 37.6 Å². The van der Waals surface area contributed by atoms with Crippen LogP contribution < -0.4 is 0 Å². The van der Waals surface area contributed by atoms with Crippen molar-refractivity contribution in [1.29, 1.82) is 0 Å². The number of methoxy groups -OCH3 is 1. The number of rotatable bonds is 11. The van der Waals surface area contributed by atoms with Gasteiger partial charge in [0.25, 0.3) is 5.91 Å². The molecule has 0 saturated carbocycles. The van der Waals surface area contributed by atoms with Gasteiger partial charge in [-0.3, -0.25) is 9.59 Å². The van der Waals surface area contributed by atoms with Crippen LogP contribution in [0.3, 0.4) is 0 Å². The number of esters is 1. The number of hydrogen-bond donors (Lipinski definition) is 0. The molecule has 0 atom stereocenters. The largest absolute Gasteiger partial charge is 0.469 e. The number of halogens is 1. The predicted molar refractivity (Wildman–Crippen MR) is 101 cm³/mol. The van der Waals surface area contributed by atoms with Crippen LogP contribution in [0.15, 0.2) is 24.3 Å². The Hall–Kier alpha value is -1.59. The average molecular weight is 369 g/mol. The molecule has 0 aliphatic heterocycles. The molecule has 0 heterocycles. The summed E-state index contributed by atoms with van der Waals surface area (Å²) in [6, 6.07) is 7.00. The van der Waals surface area contributed by atoms with E-state index in [-0.39, 0.29) is 18.3 Å². The molecule has 1 aromatic rings. The minimum absolute atomic E-state index is 0.141. The maximum Gasteiger partial charge on any atom is 0.307 e. The number of benzene rings is 1. The van der Waals surface area contributed by atoms with Crippen molar-refractivity contribution in [3.05, 3.63) is 34.9 Å². The molecule has 0 aliphatic rings. The summed E-state index contributed by atoms with van der Waals surface area (Å²) in [6.45, 7) is 8.30. The Morgan fingerprint density at radius 3 is 2.28 bits per heavy atom. The minimum Gasteiger partial charge on any atom is -0.469 e. The molecule has 0 aromatic heterocycles. The lowest BCUT2D eigenvalue weighted by atomic mass is 10.1. The van der Waals surface area contributed by atoms with E-state index in [1.54, 1.807) is 29.2 Å². The van der Waals surface area contributed by atoms with Crippen molar-refractivity contribution >= 4 is 23.5 Å². The monoisotopic (exact) mass is 368 g/mol. The fraction of sp³-hybridized carbons (Fsp3) is 0.579. The first-order valence-corrected chi connectivity index (χ1v) is 9.24. The van der Waals surface area contributed by atoms with E-state index in [1.165, 1.54) is 7.11 Å². The summed E-state index contributed by atoms with van der Waals surface area (Å²) in [5, 5.41) is 0.429. The van der Waals surface area contributed by atoms with Crippen LogP contribution in [0.25, 0.3) is 0 Å². The lowest BCUT2D eigenvalue weighted by molar-refractivity contribution is -0.140. The Kier molecular flexibility index (Phi) is 10.2. The molecule has 1 aromatic carbocycles. The zero-order valence-corrected chi connectivity index (χ0v) is 16.2. The van der Waals surface area contributed by atoms with Gasteiger partial charge in [0, 0.05) is 13.1 Å². The Morgan fingerprint density at radius 2 is 1.68 bits per heavy atom. The minimum atomic E-state index is -0.319. The highest BCUT2D eigenvalue weighted by Crippen LogP contribution is 2.18. The normalized spacial score (nSPS) is 10.8. The molecule has 0 saturated heterocycles.